The lowest BCUT2D eigenvalue weighted by molar-refractivity contribution is 0.0141. The minimum atomic E-state index is -0.779. The second-order valence-electron chi connectivity index (χ2n) is 22.4. The van der Waals surface area contributed by atoms with Crippen LogP contribution in [0, 0.1) is 35.1 Å². The Morgan fingerprint density at radius 2 is 1.02 bits per heavy atom. The van der Waals surface area contributed by atoms with Gasteiger partial charge in [0.05, 0.1) is 65.2 Å². The van der Waals surface area contributed by atoms with Gasteiger partial charge in [0.25, 0.3) is 11.8 Å². The van der Waals surface area contributed by atoms with Gasteiger partial charge in [-0.3, -0.25) is 9.59 Å². The van der Waals surface area contributed by atoms with Crippen molar-refractivity contribution in [2.24, 2.45) is 11.8 Å². The van der Waals surface area contributed by atoms with Crippen molar-refractivity contribution < 1.29 is 74.8 Å². The van der Waals surface area contributed by atoms with Gasteiger partial charge in [-0.1, -0.05) is 23.2 Å². The summed E-state index contributed by atoms with van der Waals surface area (Å²) in [5.41, 5.74) is -0.0306. The minimum absolute atomic E-state index is 0.0109. The SMILES string of the molecule is CC(C)(C)OC(=O)N1CCC(COC(=O)N[C@H]2CCOc3c(C(=O)Nc4ccc(F)c(Cl)c4)ccc(F)c32)CC1.CC(C)(C)OC(=O)N1CCC(COC(=O)n2ccnc2)CC1.O=C(Nc1ccc(F)c(Cl)c1)c1ccc(F)c2c1OCC[C@@H]2NCl. The maximum atomic E-state index is 14.9. The molecule has 0 saturated carbocycles. The Bertz CT molecular complexity index is 3230. The van der Waals surface area contributed by atoms with Crippen LogP contribution in [-0.4, -0.2) is 119 Å². The molecule has 2 atom stereocenters. The van der Waals surface area contributed by atoms with E-state index < -0.39 is 70.6 Å². The zero-order valence-corrected chi connectivity index (χ0v) is 50.3. The Morgan fingerprint density at radius 3 is 1.44 bits per heavy atom. The molecule has 5 heterocycles. The highest BCUT2D eigenvalue weighted by atomic mass is 35.5. The molecule has 1 aromatic heterocycles. The van der Waals surface area contributed by atoms with Crippen LogP contribution in [0.1, 0.15) is 124 Å². The highest BCUT2D eigenvalue weighted by Gasteiger charge is 2.34. The second kappa shape index (κ2) is 29.7. The smallest absolute Gasteiger partial charge is 0.419 e. The summed E-state index contributed by atoms with van der Waals surface area (Å²) in [4.78, 5) is 83.6. The van der Waals surface area contributed by atoms with E-state index in [2.05, 4.69) is 25.8 Å². The third-order valence-electron chi connectivity index (χ3n) is 13.7. The molecule has 4 aliphatic rings. The van der Waals surface area contributed by atoms with Crippen molar-refractivity contribution in [2.75, 3.05) is 63.2 Å². The number of nitrogens with one attached hydrogen (secondary N) is 4. The Labute approximate surface area is 509 Å². The fourth-order valence-electron chi connectivity index (χ4n) is 9.34. The van der Waals surface area contributed by atoms with Crippen molar-refractivity contribution in [1.29, 1.82) is 0 Å². The van der Waals surface area contributed by atoms with Crippen LogP contribution in [0.2, 0.25) is 10.0 Å². The van der Waals surface area contributed by atoms with Crippen LogP contribution in [0.5, 0.6) is 11.5 Å². The number of carbonyl (C=O) groups is 6. The molecule has 9 rings (SSSR count). The first-order valence-electron chi connectivity index (χ1n) is 27.6. The van der Waals surface area contributed by atoms with Gasteiger partial charge in [0.1, 0.15) is 52.3 Å². The summed E-state index contributed by atoms with van der Waals surface area (Å²) >= 11 is 17.1. The lowest BCUT2D eigenvalue weighted by Gasteiger charge is -2.33. The number of piperidine rings is 2. The van der Waals surface area contributed by atoms with Gasteiger partial charge in [0.15, 0.2) is 0 Å². The summed E-state index contributed by atoms with van der Waals surface area (Å²) in [6.07, 6.45) is 6.36. The number of halogens is 7. The molecule has 4 aromatic carbocycles. The van der Waals surface area contributed by atoms with Crippen molar-refractivity contribution in [3.63, 3.8) is 0 Å². The average molecular weight is 1260 g/mol. The zero-order valence-electron chi connectivity index (χ0n) is 48.0. The molecule has 0 radical (unpaired) electrons. The summed E-state index contributed by atoms with van der Waals surface area (Å²) in [6, 6.07) is 11.2. The number of ether oxygens (including phenoxy) is 6. The Morgan fingerprint density at radius 1 is 0.593 bits per heavy atom. The van der Waals surface area contributed by atoms with E-state index in [9.17, 15) is 46.3 Å². The normalized spacial score (nSPS) is 16.8. The summed E-state index contributed by atoms with van der Waals surface area (Å²) in [5.74, 6) is -3.02. The third kappa shape index (κ3) is 18.5. The second-order valence-corrected chi connectivity index (χ2v) is 23.5. The van der Waals surface area contributed by atoms with E-state index in [1.165, 1.54) is 59.6 Å². The molecule has 2 fully saturated rings. The molecule has 464 valence electrons. The van der Waals surface area contributed by atoms with Crippen molar-refractivity contribution in [3.8, 4) is 11.5 Å². The van der Waals surface area contributed by atoms with Gasteiger partial charge in [0, 0.05) is 68.4 Å². The molecule has 0 unspecified atom stereocenters. The number of hydrogen-bond donors (Lipinski definition) is 4. The van der Waals surface area contributed by atoms with Crippen molar-refractivity contribution >= 4 is 82.5 Å². The lowest BCUT2D eigenvalue weighted by atomic mass is 9.96. The number of amides is 5. The maximum absolute atomic E-state index is 14.9. The van der Waals surface area contributed by atoms with Crippen LogP contribution in [-0.2, 0) is 18.9 Å². The summed E-state index contributed by atoms with van der Waals surface area (Å²) < 4.78 is 89.5. The monoisotopic (exact) mass is 1260 g/mol. The Balaban J connectivity index is 0.000000197. The predicted molar refractivity (Wildman–Crippen MR) is 311 cm³/mol. The van der Waals surface area contributed by atoms with Crippen LogP contribution < -0.4 is 30.3 Å². The minimum Gasteiger partial charge on any atom is -0.492 e. The van der Waals surface area contributed by atoms with Crippen molar-refractivity contribution in [2.45, 2.75) is 103 Å². The van der Waals surface area contributed by atoms with Crippen LogP contribution >= 0.6 is 35.0 Å². The van der Waals surface area contributed by atoms with Crippen LogP contribution in [0.3, 0.4) is 0 Å². The summed E-state index contributed by atoms with van der Waals surface area (Å²) in [5, 5.41) is 7.58. The first-order valence-corrected chi connectivity index (χ1v) is 28.7. The number of hydrogen-bond acceptors (Lipinski definition) is 14. The first-order chi connectivity index (χ1) is 40.8. The molecular formula is C59H67Cl3F4N8O12. The van der Waals surface area contributed by atoms with Gasteiger partial charge in [0.2, 0.25) is 0 Å². The molecule has 2 saturated heterocycles. The van der Waals surface area contributed by atoms with E-state index in [1.54, 1.807) is 16.0 Å². The van der Waals surface area contributed by atoms with Crippen LogP contribution in [0.25, 0.3) is 0 Å². The molecule has 5 amide bonds. The quantitative estimate of drug-likeness (QED) is 0.0579. The molecule has 4 aliphatic heterocycles. The van der Waals surface area contributed by atoms with Gasteiger partial charge < -0.3 is 54.2 Å². The highest BCUT2D eigenvalue weighted by molar-refractivity contribution is 6.31. The number of benzene rings is 4. The summed E-state index contributed by atoms with van der Waals surface area (Å²) in [7, 11) is 0. The topological polar surface area (TPSA) is 230 Å². The molecule has 20 nitrogen and oxygen atoms in total. The number of aromatic nitrogens is 2. The van der Waals surface area contributed by atoms with E-state index >= 15 is 0 Å². The van der Waals surface area contributed by atoms with Crippen molar-refractivity contribution in [3.05, 3.63) is 135 Å². The molecule has 4 N–H and O–H groups in total. The van der Waals surface area contributed by atoms with Gasteiger partial charge in [-0.15, -0.1) is 0 Å². The molecule has 5 aromatic rings. The number of imidazole rings is 1. The number of carbonyl (C=O) groups excluding carboxylic acids is 6. The zero-order chi connectivity index (χ0) is 62.5. The number of nitrogens with zero attached hydrogens (tertiary/aromatic N) is 4. The number of likely N-dealkylation sites (tertiary alicyclic amines) is 2. The van der Waals surface area contributed by atoms with Crippen molar-refractivity contribution in [1.82, 2.24) is 29.5 Å². The molecule has 0 bridgehead atoms. The average Bonchev–Trinajstić information content (AvgIpc) is 1.63. The van der Waals surface area contributed by atoms with Crippen LogP contribution in [0.15, 0.2) is 79.4 Å². The van der Waals surface area contributed by atoms with E-state index in [0.717, 1.165) is 31.0 Å². The van der Waals surface area contributed by atoms with E-state index in [4.69, 9.17) is 63.4 Å². The van der Waals surface area contributed by atoms with E-state index in [0.29, 0.717) is 64.3 Å². The maximum Gasteiger partial charge on any atom is 0.419 e. The highest BCUT2D eigenvalue weighted by Crippen LogP contribution is 2.40. The molecule has 27 heteroatoms. The Hall–Kier alpha value is -7.54. The van der Waals surface area contributed by atoms with Gasteiger partial charge in [-0.25, -0.2) is 51.1 Å². The first kappa shape index (κ1) is 66.0. The predicted octanol–water partition coefficient (Wildman–Crippen LogP) is 13.0. The third-order valence-corrected chi connectivity index (χ3v) is 14.5. The van der Waals surface area contributed by atoms with Gasteiger partial charge >= 0.3 is 24.4 Å². The molecule has 0 spiro atoms. The van der Waals surface area contributed by atoms with E-state index in [1.807, 2.05) is 41.5 Å². The van der Waals surface area contributed by atoms with Crippen LogP contribution in [0.4, 0.5) is 48.1 Å². The Kier molecular flexibility index (Phi) is 22.8. The number of fused-ring (bicyclic) bond motifs is 2. The van der Waals surface area contributed by atoms with Gasteiger partial charge in [-0.05, 0) is 152 Å². The number of alkyl carbamates (subject to hydrolysis) is 1. The van der Waals surface area contributed by atoms with E-state index in [-0.39, 0.29) is 93.1 Å². The number of rotatable bonds is 10. The molecule has 0 aliphatic carbocycles. The van der Waals surface area contributed by atoms with Gasteiger partial charge in [-0.2, -0.15) is 0 Å². The fourth-order valence-corrected chi connectivity index (χ4v) is 9.92. The standard InChI is InChI=1S/C28H32ClF2N3O6.C16H12Cl2F2N2O2.C15H23N3O4/c1-28(2,3)40-27(37)34-11-8-16(9-12-34)15-39-26(36)33-22-10-13-38-24-18(5-7-21(31)23(22)24)25(35)32-17-4-6-20(30)19(29)14-17;17-10-7-8(1-3-11(10)19)21-16(23)9-2-4-12(20)14-13(22-18)5-6-24-15(9)14;1-15(2,3)22-14(20)17-7-4-12(5-8-17)10-21-13(19)18-9-6-16-11-18/h4-7,14,16,22H,8-13,15H2,1-3H3,(H,32,35)(H,33,36);1-4,7,13,22H,5-6H2,(H,21,23);6,9,11-12H,4-5,7-8,10H2,1-3H3/t22-;13-;/m00./s1. The molecule has 86 heavy (non-hydrogen) atoms. The summed E-state index contributed by atoms with van der Waals surface area (Å²) in [6.45, 7) is 14.2. The largest absolute Gasteiger partial charge is 0.492 e. The molecular weight excluding hydrogens is 1200 g/mol. The lowest BCUT2D eigenvalue weighted by Crippen LogP contribution is -2.42. The fraction of sp³-hybridized carbons (Fsp3) is 0.441. The number of anilines is 2.